The highest BCUT2D eigenvalue weighted by molar-refractivity contribution is 7.22. The SMILES string of the molecule is COc1ccc([C@@H](c2nnnn2C2CCCC2)N2CCN(c3nc4ccccc4s3)CC2)c(OC)c1. The molecule has 1 saturated heterocycles. The van der Waals surface area contributed by atoms with Gasteiger partial charge in [-0.15, -0.1) is 5.10 Å². The van der Waals surface area contributed by atoms with Gasteiger partial charge in [-0.2, -0.15) is 0 Å². The molecule has 2 fully saturated rings. The quantitative estimate of drug-likeness (QED) is 0.367. The summed E-state index contributed by atoms with van der Waals surface area (Å²) in [6.07, 6.45) is 4.69. The molecule has 0 N–H and O–H groups in total. The van der Waals surface area contributed by atoms with Crippen molar-refractivity contribution in [3.05, 3.63) is 53.9 Å². The number of ether oxygens (including phenoxy) is 2. The zero-order valence-corrected chi connectivity index (χ0v) is 21.5. The Morgan fingerprint density at radius 2 is 1.78 bits per heavy atom. The van der Waals surface area contributed by atoms with Crippen LogP contribution in [0.25, 0.3) is 10.2 Å². The van der Waals surface area contributed by atoms with Crippen LogP contribution in [0.3, 0.4) is 0 Å². The van der Waals surface area contributed by atoms with E-state index in [2.05, 4.69) is 54.3 Å². The minimum Gasteiger partial charge on any atom is -0.497 e. The van der Waals surface area contributed by atoms with Gasteiger partial charge in [0.15, 0.2) is 11.0 Å². The van der Waals surface area contributed by atoms with E-state index in [1.807, 2.05) is 18.2 Å². The predicted molar refractivity (Wildman–Crippen MR) is 140 cm³/mol. The third-order valence-corrected chi connectivity index (χ3v) is 8.50. The van der Waals surface area contributed by atoms with E-state index in [-0.39, 0.29) is 6.04 Å². The van der Waals surface area contributed by atoms with Crippen molar-refractivity contribution >= 4 is 26.7 Å². The second-order valence-electron chi connectivity index (χ2n) is 9.42. The molecule has 9 nitrogen and oxygen atoms in total. The fourth-order valence-electron chi connectivity index (χ4n) is 5.50. The van der Waals surface area contributed by atoms with Crippen LogP contribution < -0.4 is 14.4 Å². The number of piperazine rings is 1. The van der Waals surface area contributed by atoms with Crippen LogP contribution in [0.1, 0.15) is 49.2 Å². The fraction of sp³-hybridized carbons (Fsp3) is 0.462. The lowest BCUT2D eigenvalue weighted by Gasteiger charge is -2.39. The summed E-state index contributed by atoms with van der Waals surface area (Å²) < 4.78 is 14.6. The van der Waals surface area contributed by atoms with E-state index in [4.69, 9.17) is 14.5 Å². The monoisotopic (exact) mass is 505 g/mol. The summed E-state index contributed by atoms with van der Waals surface area (Å²) in [5.41, 5.74) is 2.12. The Hall–Kier alpha value is -3.24. The first-order valence-electron chi connectivity index (χ1n) is 12.6. The van der Waals surface area contributed by atoms with E-state index in [1.165, 1.54) is 17.5 Å². The van der Waals surface area contributed by atoms with Crippen molar-refractivity contribution in [1.29, 1.82) is 0 Å². The highest BCUT2D eigenvalue weighted by Gasteiger charge is 2.35. The minimum absolute atomic E-state index is 0.112. The largest absolute Gasteiger partial charge is 0.497 e. The second kappa shape index (κ2) is 10.0. The molecule has 6 rings (SSSR count). The predicted octanol–water partition coefficient (Wildman–Crippen LogP) is 4.33. The Bertz CT molecular complexity index is 1290. The Labute approximate surface area is 214 Å². The first-order valence-corrected chi connectivity index (χ1v) is 13.4. The number of fused-ring (bicyclic) bond motifs is 1. The summed E-state index contributed by atoms with van der Waals surface area (Å²) in [6.45, 7) is 3.51. The molecule has 0 unspecified atom stereocenters. The van der Waals surface area contributed by atoms with E-state index in [0.717, 1.165) is 72.6 Å². The maximum atomic E-state index is 5.84. The van der Waals surface area contributed by atoms with Gasteiger partial charge in [-0.25, -0.2) is 9.67 Å². The second-order valence-corrected chi connectivity index (χ2v) is 10.4. The molecule has 0 spiro atoms. The molecule has 188 valence electrons. The molecule has 2 aromatic heterocycles. The maximum absolute atomic E-state index is 5.84. The standard InChI is InChI=1S/C26H31N7O2S/c1-34-19-11-12-20(22(17-19)35-2)24(25-28-29-30-33(25)18-7-3-4-8-18)31-13-15-32(16-14-31)26-27-21-9-5-6-10-23(21)36-26/h5-6,9-12,17-18,24H,3-4,7-8,13-16H2,1-2H3/t24-/m0/s1. The lowest BCUT2D eigenvalue weighted by molar-refractivity contribution is 0.194. The van der Waals surface area contributed by atoms with Gasteiger partial charge in [0.1, 0.15) is 17.5 Å². The summed E-state index contributed by atoms with van der Waals surface area (Å²) in [5.74, 6) is 2.44. The van der Waals surface area contributed by atoms with E-state index in [0.29, 0.717) is 6.04 Å². The Morgan fingerprint density at radius 3 is 2.53 bits per heavy atom. The lowest BCUT2D eigenvalue weighted by atomic mass is 10.0. The Balaban J connectivity index is 1.32. The van der Waals surface area contributed by atoms with E-state index < -0.39 is 0 Å². The lowest BCUT2D eigenvalue weighted by Crippen LogP contribution is -2.48. The average Bonchev–Trinajstić information content (AvgIpc) is 3.70. The number of rotatable bonds is 7. The van der Waals surface area contributed by atoms with Crippen molar-refractivity contribution in [1.82, 2.24) is 30.1 Å². The van der Waals surface area contributed by atoms with Crippen molar-refractivity contribution in [3.63, 3.8) is 0 Å². The molecule has 1 aliphatic heterocycles. The molecule has 3 heterocycles. The average molecular weight is 506 g/mol. The molecule has 2 aliphatic rings. The van der Waals surface area contributed by atoms with Crippen molar-refractivity contribution in [2.45, 2.75) is 37.8 Å². The van der Waals surface area contributed by atoms with E-state index in [9.17, 15) is 0 Å². The molecule has 36 heavy (non-hydrogen) atoms. The van der Waals surface area contributed by atoms with Crippen LogP contribution in [0.5, 0.6) is 11.5 Å². The molecule has 0 radical (unpaired) electrons. The molecular weight excluding hydrogens is 474 g/mol. The van der Waals surface area contributed by atoms with Gasteiger partial charge in [0.05, 0.1) is 30.5 Å². The third kappa shape index (κ3) is 4.28. The summed E-state index contributed by atoms with van der Waals surface area (Å²) in [6, 6.07) is 14.6. The van der Waals surface area contributed by atoms with E-state index >= 15 is 0 Å². The van der Waals surface area contributed by atoms with Crippen LogP contribution in [-0.2, 0) is 0 Å². The van der Waals surface area contributed by atoms with Gasteiger partial charge in [-0.05, 0) is 47.5 Å². The molecule has 4 aromatic rings. The van der Waals surface area contributed by atoms with Crippen LogP contribution >= 0.6 is 11.3 Å². The van der Waals surface area contributed by atoms with Gasteiger partial charge in [0.2, 0.25) is 0 Å². The molecule has 1 saturated carbocycles. The fourth-order valence-corrected chi connectivity index (χ4v) is 6.52. The zero-order valence-electron chi connectivity index (χ0n) is 20.7. The van der Waals surface area contributed by atoms with Crippen molar-refractivity contribution in [2.24, 2.45) is 0 Å². The summed E-state index contributed by atoms with van der Waals surface area (Å²) in [5, 5.41) is 14.3. The number of tetrazole rings is 1. The van der Waals surface area contributed by atoms with Crippen LogP contribution in [0.4, 0.5) is 5.13 Å². The zero-order chi connectivity index (χ0) is 24.5. The summed E-state index contributed by atoms with van der Waals surface area (Å²) in [7, 11) is 3.38. The Morgan fingerprint density at radius 1 is 0.972 bits per heavy atom. The number of nitrogens with zero attached hydrogens (tertiary/aromatic N) is 7. The number of hydrogen-bond donors (Lipinski definition) is 0. The molecule has 1 aliphatic carbocycles. The number of thiazole rings is 1. The van der Waals surface area contributed by atoms with Crippen LogP contribution in [0.2, 0.25) is 0 Å². The summed E-state index contributed by atoms with van der Waals surface area (Å²) in [4.78, 5) is 9.75. The number of para-hydroxylation sites is 1. The van der Waals surface area contributed by atoms with Gasteiger partial charge in [0, 0.05) is 37.8 Å². The highest BCUT2D eigenvalue weighted by atomic mass is 32.1. The molecular formula is C26H31N7O2S. The van der Waals surface area contributed by atoms with E-state index in [1.54, 1.807) is 25.6 Å². The normalized spacial score (nSPS) is 18.1. The number of anilines is 1. The molecule has 2 aromatic carbocycles. The smallest absolute Gasteiger partial charge is 0.186 e. The minimum atomic E-state index is -0.112. The van der Waals surface area contributed by atoms with Crippen LogP contribution in [0, 0.1) is 0 Å². The Kier molecular flexibility index (Phi) is 6.45. The van der Waals surface area contributed by atoms with Gasteiger partial charge in [0.25, 0.3) is 0 Å². The summed E-state index contributed by atoms with van der Waals surface area (Å²) >= 11 is 1.76. The molecule has 10 heteroatoms. The van der Waals surface area contributed by atoms with Gasteiger partial charge in [-0.3, -0.25) is 4.90 Å². The first kappa shape index (κ1) is 23.2. The highest BCUT2D eigenvalue weighted by Crippen LogP contribution is 2.39. The van der Waals surface area contributed by atoms with Gasteiger partial charge in [-0.1, -0.05) is 36.3 Å². The number of benzene rings is 2. The van der Waals surface area contributed by atoms with Crippen LogP contribution in [-0.4, -0.2) is 70.5 Å². The number of methoxy groups -OCH3 is 2. The van der Waals surface area contributed by atoms with Crippen LogP contribution in [0.15, 0.2) is 42.5 Å². The first-order chi connectivity index (χ1) is 17.7. The van der Waals surface area contributed by atoms with Crippen molar-refractivity contribution < 1.29 is 9.47 Å². The van der Waals surface area contributed by atoms with Crippen molar-refractivity contribution in [2.75, 3.05) is 45.3 Å². The topological polar surface area (TPSA) is 81.4 Å². The number of hydrogen-bond acceptors (Lipinski definition) is 9. The van der Waals surface area contributed by atoms with Crippen molar-refractivity contribution in [3.8, 4) is 11.5 Å². The molecule has 0 bridgehead atoms. The maximum Gasteiger partial charge on any atom is 0.186 e. The number of aromatic nitrogens is 5. The van der Waals surface area contributed by atoms with Gasteiger partial charge >= 0.3 is 0 Å². The molecule has 1 atom stereocenters. The van der Waals surface area contributed by atoms with Gasteiger partial charge < -0.3 is 14.4 Å². The third-order valence-electron chi connectivity index (χ3n) is 7.40. The molecule has 0 amide bonds.